The molecular weight excluding hydrogens is 390 g/mol. The maximum absolute atomic E-state index is 11.8. The number of nitrogens with one attached hydrogen (secondary N) is 2. The molecule has 2 aliphatic rings. The lowest BCUT2D eigenvalue weighted by atomic mass is 10.0. The van der Waals surface area contributed by atoms with Crippen LogP contribution in [0.25, 0.3) is 10.7 Å². The van der Waals surface area contributed by atoms with Crippen LogP contribution < -0.4 is 15.5 Å². The molecule has 0 bridgehead atoms. The molecule has 2 amide bonds. The Morgan fingerprint density at radius 3 is 3.03 bits per heavy atom. The number of likely N-dealkylation sites (N-methyl/N-ethyl adjacent to an activating group) is 1. The molecule has 0 unspecified atom stereocenters. The summed E-state index contributed by atoms with van der Waals surface area (Å²) < 4.78 is 5.62. The number of hydrogen-bond donors (Lipinski definition) is 2. The van der Waals surface area contributed by atoms with Crippen LogP contribution in [0, 0.1) is 0 Å². The van der Waals surface area contributed by atoms with Crippen molar-refractivity contribution in [2.24, 2.45) is 0 Å². The van der Waals surface area contributed by atoms with Crippen LogP contribution in [0.2, 0.25) is 0 Å². The Hall–Kier alpha value is -2.30. The highest BCUT2D eigenvalue weighted by Crippen LogP contribution is 2.33. The number of morpholine rings is 1. The summed E-state index contributed by atoms with van der Waals surface area (Å²) in [6, 6.07) is 0.0101. The highest BCUT2D eigenvalue weighted by atomic mass is 32.1. The van der Waals surface area contributed by atoms with Crippen LogP contribution in [0.4, 0.5) is 15.7 Å². The molecule has 1 saturated heterocycles. The zero-order valence-electron chi connectivity index (χ0n) is 17.1. The number of ether oxygens (including phenoxy) is 1. The average Bonchev–Trinajstić information content (AvgIpc) is 3.16. The molecule has 0 spiro atoms. The minimum Gasteiger partial charge on any atom is -0.377 e. The molecule has 0 aromatic carbocycles. The average molecular weight is 418 g/mol. The number of carbonyl (C=O) groups excluding carboxylic acids is 1. The molecule has 2 N–H and O–H groups in total. The standard InChI is InChI=1S/C19H27N7O2S/c1-4-20-18(27)24-19-21-9-15(29-19)16-22-14-10-25(3)6-5-13(14)17(23-16)26-7-8-28-11-12(26)2/h9,12H,4-8,10-11H2,1-3H3,(H2,20,21,24,27)/t12-/m0/s1. The number of anilines is 2. The first-order valence-corrected chi connectivity index (χ1v) is 10.8. The first-order valence-electron chi connectivity index (χ1n) is 9.99. The van der Waals surface area contributed by atoms with Crippen LogP contribution >= 0.6 is 11.3 Å². The predicted octanol–water partition coefficient (Wildman–Crippen LogP) is 1.95. The number of amides is 2. The Morgan fingerprint density at radius 2 is 2.24 bits per heavy atom. The third-order valence-electron chi connectivity index (χ3n) is 5.16. The lowest BCUT2D eigenvalue weighted by Crippen LogP contribution is -2.45. The summed E-state index contributed by atoms with van der Waals surface area (Å²) in [5.41, 5.74) is 2.31. The lowest BCUT2D eigenvalue weighted by Gasteiger charge is -2.37. The molecule has 0 radical (unpaired) electrons. The Morgan fingerprint density at radius 1 is 1.38 bits per heavy atom. The number of nitrogens with zero attached hydrogens (tertiary/aromatic N) is 5. The molecule has 4 rings (SSSR count). The number of fused-ring (bicyclic) bond motifs is 1. The minimum absolute atomic E-state index is 0.260. The summed E-state index contributed by atoms with van der Waals surface area (Å²) in [6.07, 6.45) is 2.67. The van der Waals surface area contributed by atoms with Gasteiger partial charge in [-0.25, -0.2) is 19.7 Å². The first kappa shape index (κ1) is 20.0. The van der Waals surface area contributed by atoms with Gasteiger partial charge in [0.2, 0.25) is 0 Å². The van der Waals surface area contributed by atoms with Gasteiger partial charge in [-0.05, 0) is 27.3 Å². The maximum atomic E-state index is 11.8. The summed E-state index contributed by atoms with van der Waals surface area (Å²) in [6.45, 7) is 8.65. The van der Waals surface area contributed by atoms with Crippen molar-refractivity contribution in [3.05, 3.63) is 17.5 Å². The van der Waals surface area contributed by atoms with Crippen molar-refractivity contribution in [2.75, 3.05) is 50.1 Å². The molecule has 4 heterocycles. The van der Waals surface area contributed by atoms with Crippen molar-refractivity contribution in [3.63, 3.8) is 0 Å². The van der Waals surface area contributed by atoms with Crippen molar-refractivity contribution in [1.82, 2.24) is 25.2 Å². The van der Waals surface area contributed by atoms with Gasteiger partial charge in [-0.1, -0.05) is 11.3 Å². The van der Waals surface area contributed by atoms with Crippen LogP contribution in [0.3, 0.4) is 0 Å². The van der Waals surface area contributed by atoms with E-state index in [1.165, 1.54) is 16.9 Å². The zero-order chi connectivity index (χ0) is 20.4. The van der Waals surface area contributed by atoms with Gasteiger partial charge in [0.05, 0.1) is 36.0 Å². The van der Waals surface area contributed by atoms with Gasteiger partial charge in [-0.2, -0.15) is 0 Å². The summed E-state index contributed by atoms with van der Waals surface area (Å²) in [5, 5.41) is 5.99. The highest BCUT2D eigenvalue weighted by Gasteiger charge is 2.28. The smallest absolute Gasteiger partial charge is 0.321 e. The van der Waals surface area contributed by atoms with Gasteiger partial charge in [-0.15, -0.1) is 0 Å². The van der Waals surface area contributed by atoms with Crippen LogP contribution in [0.1, 0.15) is 25.1 Å². The van der Waals surface area contributed by atoms with Gasteiger partial charge in [0.25, 0.3) is 0 Å². The van der Waals surface area contributed by atoms with Crippen LogP contribution in [-0.4, -0.2) is 71.8 Å². The second-order valence-corrected chi connectivity index (χ2v) is 8.45. The van der Waals surface area contributed by atoms with E-state index in [1.807, 2.05) is 6.92 Å². The molecule has 1 fully saturated rings. The maximum Gasteiger partial charge on any atom is 0.321 e. The minimum atomic E-state index is -0.260. The second kappa shape index (κ2) is 8.60. The molecule has 0 saturated carbocycles. The Bertz CT molecular complexity index is 887. The monoisotopic (exact) mass is 417 g/mol. The van der Waals surface area contributed by atoms with E-state index in [0.717, 1.165) is 42.4 Å². The van der Waals surface area contributed by atoms with E-state index in [-0.39, 0.29) is 12.1 Å². The first-order chi connectivity index (χ1) is 14.0. The summed E-state index contributed by atoms with van der Waals surface area (Å²) in [4.78, 5) is 31.4. The normalized spacial score (nSPS) is 19.7. The summed E-state index contributed by atoms with van der Waals surface area (Å²) in [5.74, 6) is 1.68. The molecular formula is C19H27N7O2S. The fourth-order valence-electron chi connectivity index (χ4n) is 3.67. The summed E-state index contributed by atoms with van der Waals surface area (Å²) >= 11 is 1.38. The number of carbonyl (C=O) groups is 1. The van der Waals surface area contributed by atoms with Crippen molar-refractivity contribution in [3.8, 4) is 10.7 Å². The molecule has 1 atom stereocenters. The Labute approximate surface area is 174 Å². The number of hydrogen-bond acceptors (Lipinski definition) is 8. The van der Waals surface area contributed by atoms with Crippen molar-refractivity contribution < 1.29 is 9.53 Å². The van der Waals surface area contributed by atoms with E-state index in [0.29, 0.717) is 30.7 Å². The topological polar surface area (TPSA) is 95.5 Å². The van der Waals surface area contributed by atoms with Gasteiger partial charge < -0.3 is 19.9 Å². The fraction of sp³-hybridized carbons (Fsp3) is 0.579. The molecule has 29 heavy (non-hydrogen) atoms. The quantitative estimate of drug-likeness (QED) is 0.785. The van der Waals surface area contributed by atoms with Crippen LogP contribution in [0.15, 0.2) is 6.20 Å². The van der Waals surface area contributed by atoms with Gasteiger partial charge in [0.1, 0.15) is 5.82 Å². The van der Waals surface area contributed by atoms with Gasteiger partial charge in [-0.3, -0.25) is 5.32 Å². The molecule has 9 nitrogen and oxygen atoms in total. The van der Waals surface area contributed by atoms with E-state index in [2.05, 4.69) is 39.4 Å². The number of urea groups is 1. The summed E-state index contributed by atoms with van der Waals surface area (Å²) in [7, 11) is 2.11. The van der Waals surface area contributed by atoms with E-state index in [9.17, 15) is 4.79 Å². The Kier molecular flexibility index (Phi) is 5.93. The van der Waals surface area contributed by atoms with E-state index < -0.39 is 0 Å². The van der Waals surface area contributed by atoms with Crippen LogP contribution in [-0.2, 0) is 17.7 Å². The SMILES string of the molecule is CCNC(=O)Nc1ncc(-c2nc3c(c(N4CCOC[C@@H]4C)n2)CCN(C)C3)s1. The van der Waals surface area contributed by atoms with Gasteiger partial charge in [0.15, 0.2) is 11.0 Å². The predicted molar refractivity (Wildman–Crippen MR) is 114 cm³/mol. The van der Waals surface area contributed by atoms with Gasteiger partial charge in [0, 0.05) is 31.7 Å². The van der Waals surface area contributed by atoms with Crippen molar-refractivity contribution in [1.29, 1.82) is 0 Å². The zero-order valence-corrected chi connectivity index (χ0v) is 17.9. The molecule has 10 heteroatoms. The molecule has 156 valence electrons. The highest BCUT2D eigenvalue weighted by molar-refractivity contribution is 7.19. The third-order valence-corrected chi connectivity index (χ3v) is 6.07. The van der Waals surface area contributed by atoms with E-state index >= 15 is 0 Å². The third kappa shape index (κ3) is 4.34. The molecule has 2 aromatic heterocycles. The van der Waals surface area contributed by atoms with Crippen LogP contribution in [0.5, 0.6) is 0 Å². The number of thiazole rings is 1. The number of rotatable bonds is 4. The Balaban J connectivity index is 1.69. The second-order valence-electron chi connectivity index (χ2n) is 7.42. The van der Waals surface area contributed by atoms with E-state index in [4.69, 9.17) is 14.7 Å². The fourth-order valence-corrected chi connectivity index (χ4v) is 4.41. The molecule has 0 aliphatic carbocycles. The lowest BCUT2D eigenvalue weighted by molar-refractivity contribution is 0.0983. The molecule has 2 aliphatic heterocycles. The van der Waals surface area contributed by atoms with Crippen molar-refractivity contribution in [2.45, 2.75) is 32.9 Å². The molecule has 2 aromatic rings. The van der Waals surface area contributed by atoms with E-state index in [1.54, 1.807) is 6.20 Å². The largest absolute Gasteiger partial charge is 0.377 e. The van der Waals surface area contributed by atoms with Crippen molar-refractivity contribution >= 4 is 28.3 Å². The number of aromatic nitrogens is 3. The van der Waals surface area contributed by atoms with Gasteiger partial charge >= 0.3 is 6.03 Å².